The van der Waals surface area contributed by atoms with Crippen LogP contribution in [0.15, 0.2) is 42.6 Å². The summed E-state index contributed by atoms with van der Waals surface area (Å²) in [4.78, 5) is 8.34. The second kappa shape index (κ2) is 5.97. The molecule has 1 N–H and O–H groups in total. The molecule has 0 saturated heterocycles. The van der Waals surface area contributed by atoms with Crippen molar-refractivity contribution >= 4 is 16.9 Å². The average molecular weight is 297 g/mol. The van der Waals surface area contributed by atoms with Gasteiger partial charge < -0.3 is 10.1 Å². The third kappa shape index (κ3) is 2.70. The van der Waals surface area contributed by atoms with Gasteiger partial charge in [0.25, 0.3) is 0 Å². The lowest BCUT2D eigenvalue weighted by Gasteiger charge is -2.12. The predicted molar refractivity (Wildman–Crippen MR) is 84.6 cm³/mol. The standard InChI is InChI=1S/C17H16FN3O/c1-11-8-14(22-10-12-6-4-3-5-7-12)13-9-20-17(19-2)21-16(13)15(11)18/h3-9H,10H2,1-2H3,(H,19,20,21). The molecule has 0 saturated carbocycles. The van der Waals surface area contributed by atoms with Crippen LogP contribution in [0, 0.1) is 12.7 Å². The number of hydrogen-bond acceptors (Lipinski definition) is 4. The van der Waals surface area contributed by atoms with E-state index in [-0.39, 0.29) is 11.3 Å². The molecule has 0 bridgehead atoms. The fourth-order valence-electron chi connectivity index (χ4n) is 2.23. The van der Waals surface area contributed by atoms with Crippen LogP contribution in [0.5, 0.6) is 5.75 Å². The first-order valence-corrected chi connectivity index (χ1v) is 6.99. The average Bonchev–Trinajstić information content (AvgIpc) is 2.57. The molecule has 1 heterocycles. The number of hydrogen-bond donors (Lipinski definition) is 1. The van der Waals surface area contributed by atoms with Gasteiger partial charge in [0.1, 0.15) is 17.9 Å². The van der Waals surface area contributed by atoms with Crippen LogP contribution < -0.4 is 10.1 Å². The lowest BCUT2D eigenvalue weighted by atomic mass is 10.1. The van der Waals surface area contributed by atoms with Gasteiger partial charge in [0, 0.05) is 13.2 Å². The normalized spacial score (nSPS) is 10.7. The number of anilines is 1. The lowest BCUT2D eigenvalue weighted by molar-refractivity contribution is 0.309. The first-order valence-electron chi connectivity index (χ1n) is 6.99. The lowest BCUT2D eigenvalue weighted by Crippen LogP contribution is -2.01. The van der Waals surface area contributed by atoms with E-state index in [4.69, 9.17) is 4.74 Å². The largest absolute Gasteiger partial charge is 0.488 e. The van der Waals surface area contributed by atoms with Crippen LogP contribution in [0.25, 0.3) is 10.9 Å². The highest BCUT2D eigenvalue weighted by Crippen LogP contribution is 2.30. The van der Waals surface area contributed by atoms with Crippen molar-refractivity contribution in [3.05, 3.63) is 59.5 Å². The molecule has 3 aromatic rings. The van der Waals surface area contributed by atoms with E-state index in [1.807, 2.05) is 30.3 Å². The molecule has 0 aliphatic carbocycles. The van der Waals surface area contributed by atoms with Gasteiger partial charge in [-0.15, -0.1) is 0 Å². The van der Waals surface area contributed by atoms with E-state index in [1.165, 1.54) is 0 Å². The quantitative estimate of drug-likeness (QED) is 0.797. The maximum Gasteiger partial charge on any atom is 0.223 e. The molecular weight excluding hydrogens is 281 g/mol. The summed E-state index contributed by atoms with van der Waals surface area (Å²) in [6.45, 7) is 2.11. The highest BCUT2D eigenvalue weighted by molar-refractivity contribution is 5.86. The summed E-state index contributed by atoms with van der Waals surface area (Å²) in [6, 6.07) is 11.5. The second-order valence-electron chi connectivity index (χ2n) is 4.99. The number of aromatic nitrogens is 2. The van der Waals surface area contributed by atoms with Gasteiger partial charge in [-0.2, -0.15) is 0 Å². The molecule has 112 valence electrons. The van der Waals surface area contributed by atoms with Crippen molar-refractivity contribution in [1.29, 1.82) is 0 Å². The van der Waals surface area contributed by atoms with E-state index in [1.54, 1.807) is 26.2 Å². The van der Waals surface area contributed by atoms with Gasteiger partial charge in [-0.25, -0.2) is 14.4 Å². The van der Waals surface area contributed by atoms with Crippen LogP contribution in [0.1, 0.15) is 11.1 Å². The van der Waals surface area contributed by atoms with Crippen LogP contribution in [0.3, 0.4) is 0 Å². The third-order valence-electron chi connectivity index (χ3n) is 3.42. The van der Waals surface area contributed by atoms with Crippen molar-refractivity contribution in [2.24, 2.45) is 0 Å². The van der Waals surface area contributed by atoms with E-state index in [0.29, 0.717) is 29.3 Å². The number of rotatable bonds is 4. The Morgan fingerprint density at radius 1 is 1.23 bits per heavy atom. The monoisotopic (exact) mass is 297 g/mol. The molecule has 0 atom stereocenters. The summed E-state index contributed by atoms with van der Waals surface area (Å²) >= 11 is 0. The first-order chi connectivity index (χ1) is 10.7. The Morgan fingerprint density at radius 2 is 2.00 bits per heavy atom. The van der Waals surface area contributed by atoms with Crippen LogP contribution in [-0.2, 0) is 6.61 Å². The van der Waals surface area contributed by atoms with E-state index in [9.17, 15) is 4.39 Å². The zero-order valence-corrected chi connectivity index (χ0v) is 12.4. The van der Waals surface area contributed by atoms with Gasteiger partial charge in [0.15, 0.2) is 5.82 Å². The highest BCUT2D eigenvalue weighted by Gasteiger charge is 2.13. The Hall–Kier alpha value is -2.69. The van der Waals surface area contributed by atoms with Crippen molar-refractivity contribution in [1.82, 2.24) is 9.97 Å². The predicted octanol–water partition coefficient (Wildman–Crippen LogP) is 3.70. The maximum absolute atomic E-state index is 14.3. The summed E-state index contributed by atoms with van der Waals surface area (Å²) in [6.07, 6.45) is 1.58. The third-order valence-corrected chi connectivity index (χ3v) is 3.42. The maximum atomic E-state index is 14.3. The molecule has 0 aliphatic heterocycles. The molecule has 0 amide bonds. The summed E-state index contributed by atoms with van der Waals surface area (Å²) in [5.74, 6) is 0.618. The van der Waals surface area contributed by atoms with E-state index in [0.717, 1.165) is 5.56 Å². The number of nitrogens with one attached hydrogen (secondary N) is 1. The first kappa shape index (κ1) is 14.3. The number of fused-ring (bicyclic) bond motifs is 1. The molecule has 0 fully saturated rings. The number of aryl methyl sites for hydroxylation is 1. The van der Waals surface area contributed by atoms with Crippen molar-refractivity contribution in [2.75, 3.05) is 12.4 Å². The molecule has 5 heteroatoms. The smallest absolute Gasteiger partial charge is 0.223 e. The molecule has 22 heavy (non-hydrogen) atoms. The number of nitrogens with zero attached hydrogens (tertiary/aromatic N) is 2. The van der Waals surface area contributed by atoms with E-state index < -0.39 is 0 Å². The van der Waals surface area contributed by atoms with Gasteiger partial charge in [-0.3, -0.25) is 0 Å². The Labute approximate surface area is 128 Å². The van der Waals surface area contributed by atoms with E-state index >= 15 is 0 Å². The molecule has 0 radical (unpaired) electrons. The van der Waals surface area contributed by atoms with Crippen molar-refractivity contribution in [2.45, 2.75) is 13.5 Å². The van der Waals surface area contributed by atoms with Crippen LogP contribution in [0.4, 0.5) is 10.3 Å². The zero-order chi connectivity index (χ0) is 15.5. The molecule has 1 aromatic heterocycles. The number of halogens is 1. The molecular formula is C17H16FN3O. The van der Waals surface area contributed by atoms with Crippen LogP contribution >= 0.6 is 0 Å². The number of ether oxygens (including phenoxy) is 1. The second-order valence-corrected chi connectivity index (χ2v) is 4.99. The Bertz CT molecular complexity index is 806. The van der Waals surface area contributed by atoms with Crippen molar-refractivity contribution in [3.63, 3.8) is 0 Å². The minimum atomic E-state index is -0.346. The molecule has 0 unspecified atom stereocenters. The fourth-order valence-corrected chi connectivity index (χ4v) is 2.23. The van der Waals surface area contributed by atoms with Crippen molar-refractivity contribution in [3.8, 4) is 5.75 Å². The Kier molecular flexibility index (Phi) is 3.87. The molecule has 0 aliphatic rings. The van der Waals surface area contributed by atoms with Crippen molar-refractivity contribution < 1.29 is 9.13 Å². The zero-order valence-electron chi connectivity index (χ0n) is 12.4. The topological polar surface area (TPSA) is 47.0 Å². The summed E-state index contributed by atoms with van der Waals surface area (Å²) in [5, 5.41) is 3.38. The summed E-state index contributed by atoms with van der Waals surface area (Å²) < 4.78 is 20.1. The summed E-state index contributed by atoms with van der Waals surface area (Å²) in [7, 11) is 1.70. The molecule has 2 aromatic carbocycles. The van der Waals surface area contributed by atoms with Crippen LogP contribution in [-0.4, -0.2) is 17.0 Å². The molecule has 0 spiro atoms. The fraction of sp³-hybridized carbons (Fsp3) is 0.176. The Morgan fingerprint density at radius 3 is 2.73 bits per heavy atom. The molecule has 3 rings (SSSR count). The Balaban J connectivity index is 2.00. The summed E-state index contributed by atoms with van der Waals surface area (Å²) in [5.41, 5.74) is 1.81. The van der Waals surface area contributed by atoms with Gasteiger partial charge in [-0.05, 0) is 24.1 Å². The van der Waals surface area contributed by atoms with Gasteiger partial charge in [0.05, 0.1) is 5.39 Å². The van der Waals surface area contributed by atoms with Crippen LogP contribution in [0.2, 0.25) is 0 Å². The number of benzene rings is 2. The SMILES string of the molecule is CNc1ncc2c(OCc3ccccc3)cc(C)c(F)c2n1. The molecule has 4 nitrogen and oxygen atoms in total. The highest BCUT2D eigenvalue weighted by atomic mass is 19.1. The van der Waals surface area contributed by atoms with E-state index in [2.05, 4.69) is 15.3 Å². The minimum Gasteiger partial charge on any atom is -0.488 e. The minimum absolute atomic E-state index is 0.266. The van der Waals surface area contributed by atoms with Gasteiger partial charge in [0.2, 0.25) is 5.95 Å². The van der Waals surface area contributed by atoms with Gasteiger partial charge in [-0.1, -0.05) is 30.3 Å². The van der Waals surface area contributed by atoms with Gasteiger partial charge >= 0.3 is 0 Å².